The minimum absolute atomic E-state index is 0.243. The minimum Gasteiger partial charge on any atom is -0.480 e. The number of aliphatic carboxylic acids is 1. The van der Waals surface area contributed by atoms with E-state index in [9.17, 15) is 14.7 Å². The Morgan fingerprint density at radius 1 is 1.10 bits per heavy atom. The van der Waals surface area contributed by atoms with Gasteiger partial charge in [0.2, 0.25) is 0 Å². The molecule has 0 aliphatic rings. The Bertz CT molecular complexity index is 341. The second-order valence-electron chi connectivity index (χ2n) is 6.35. The molecule has 0 rings (SSSR count). The van der Waals surface area contributed by atoms with E-state index in [1.165, 1.54) is 18.7 Å². The molecule has 2 amide bonds. The van der Waals surface area contributed by atoms with Gasteiger partial charge in [0.05, 0.1) is 0 Å². The van der Waals surface area contributed by atoms with Crippen LogP contribution in [-0.2, 0) is 4.79 Å². The van der Waals surface area contributed by atoms with Crippen LogP contribution < -0.4 is 0 Å². The van der Waals surface area contributed by atoms with Crippen molar-refractivity contribution in [3.8, 4) is 0 Å². The van der Waals surface area contributed by atoms with Gasteiger partial charge in [-0.3, -0.25) is 0 Å². The van der Waals surface area contributed by atoms with Gasteiger partial charge in [0, 0.05) is 26.7 Å². The van der Waals surface area contributed by atoms with E-state index in [4.69, 9.17) is 0 Å². The largest absolute Gasteiger partial charge is 0.480 e. The fourth-order valence-corrected chi connectivity index (χ4v) is 1.62. The van der Waals surface area contributed by atoms with Crippen LogP contribution in [0.4, 0.5) is 4.79 Å². The Labute approximate surface area is 122 Å². The molecule has 0 heterocycles. The van der Waals surface area contributed by atoms with E-state index in [0.29, 0.717) is 19.0 Å². The van der Waals surface area contributed by atoms with Crippen molar-refractivity contribution in [1.29, 1.82) is 0 Å². The number of carboxylic acids is 1. The van der Waals surface area contributed by atoms with Crippen LogP contribution in [0, 0.1) is 5.92 Å². The third-order valence-electron chi connectivity index (χ3n) is 3.32. The Balaban J connectivity index is 4.97. The van der Waals surface area contributed by atoms with Crippen molar-refractivity contribution >= 4 is 12.0 Å². The van der Waals surface area contributed by atoms with E-state index in [0.717, 1.165) is 6.54 Å². The van der Waals surface area contributed by atoms with Crippen LogP contribution >= 0.6 is 0 Å². The number of rotatable bonds is 7. The van der Waals surface area contributed by atoms with E-state index in [2.05, 4.69) is 0 Å². The highest BCUT2D eigenvalue weighted by molar-refractivity contribution is 5.85. The van der Waals surface area contributed by atoms with Gasteiger partial charge in [-0.1, -0.05) is 13.8 Å². The molecule has 0 unspecified atom stereocenters. The summed E-state index contributed by atoms with van der Waals surface area (Å²) in [4.78, 5) is 28.8. The van der Waals surface area contributed by atoms with Gasteiger partial charge in [0.25, 0.3) is 0 Å². The summed E-state index contributed by atoms with van der Waals surface area (Å²) in [5, 5.41) is 9.22. The topological polar surface area (TPSA) is 64.1 Å². The number of hydrogen-bond donors (Lipinski definition) is 1. The zero-order valence-corrected chi connectivity index (χ0v) is 13.8. The molecule has 0 aliphatic carbocycles. The molecule has 0 fully saturated rings. The summed E-state index contributed by atoms with van der Waals surface area (Å²) in [6, 6.07) is -0.243. The van der Waals surface area contributed by atoms with Gasteiger partial charge in [-0.15, -0.1) is 0 Å². The van der Waals surface area contributed by atoms with Crippen LogP contribution in [0.5, 0.6) is 0 Å². The van der Waals surface area contributed by atoms with Gasteiger partial charge in [-0.05, 0) is 33.9 Å². The van der Waals surface area contributed by atoms with E-state index in [-0.39, 0.29) is 6.03 Å². The van der Waals surface area contributed by atoms with Gasteiger partial charge in [0.15, 0.2) is 0 Å². The second-order valence-corrected chi connectivity index (χ2v) is 6.35. The van der Waals surface area contributed by atoms with Crippen molar-refractivity contribution < 1.29 is 14.7 Å². The lowest BCUT2D eigenvalue weighted by molar-refractivity contribution is -0.147. The maximum absolute atomic E-state index is 12.5. The molecule has 118 valence electrons. The van der Waals surface area contributed by atoms with E-state index in [1.807, 2.05) is 32.8 Å². The van der Waals surface area contributed by atoms with E-state index < -0.39 is 11.5 Å². The molecule has 0 aromatic heterocycles. The first-order valence-electron chi connectivity index (χ1n) is 6.91. The molecule has 6 heteroatoms. The lowest BCUT2D eigenvalue weighted by Gasteiger charge is -2.37. The summed E-state index contributed by atoms with van der Waals surface area (Å²) in [6.45, 7) is 9.10. The van der Waals surface area contributed by atoms with Crippen molar-refractivity contribution in [3.05, 3.63) is 0 Å². The standard InChI is InChI=1S/C14H29N3O3/c1-11(2)10-17(9-8-15(5)6)13(20)16(7)14(3,4)12(18)19/h11H,8-10H2,1-7H3,(H,18,19). The highest BCUT2D eigenvalue weighted by Crippen LogP contribution is 2.15. The van der Waals surface area contributed by atoms with Crippen molar-refractivity contribution in [2.45, 2.75) is 33.2 Å². The van der Waals surface area contributed by atoms with Gasteiger partial charge >= 0.3 is 12.0 Å². The molecule has 0 saturated carbocycles. The third kappa shape index (κ3) is 5.36. The summed E-state index contributed by atoms with van der Waals surface area (Å²) in [7, 11) is 5.44. The fraction of sp³-hybridized carbons (Fsp3) is 0.857. The van der Waals surface area contributed by atoms with Crippen molar-refractivity contribution in [2.24, 2.45) is 5.92 Å². The maximum Gasteiger partial charge on any atom is 0.329 e. The van der Waals surface area contributed by atoms with E-state index >= 15 is 0 Å². The lowest BCUT2D eigenvalue weighted by Crippen LogP contribution is -2.56. The monoisotopic (exact) mass is 287 g/mol. The van der Waals surface area contributed by atoms with Crippen molar-refractivity contribution in [1.82, 2.24) is 14.7 Å². The van der Waals surface area contributed by atoms with E-state index in [1.54, 1.807) is 11.9 Å². The second kappa shape index (κ2) is 7.47. The Kier molecular flexibility index (Phi) is 6.99. The maximum atomic E-state index is 12.5. The summed E-state index contributed by atoms with van der Waals surface area (Å²) in [5.41, 5.74) is -1.22. The molecule has 0 bridgehead atoms. The minimum atomic E-state index is -1.22. The third-order valence-corrected chi connectivity index (χ3v) is 3.32. The van der Waals surface area contributed by atoms with Crippen LogP contribution in [0.25, 0.3) is 0 Å². The first-order valence-corrected chi connectivity index (χ1v) is 6.91. The number of amides is 2. The first kappa shape index (κ1) is 18.7. The fourth-order valence-electron chi connectivity index (χ4n) is 1.62. The average Bonchev–Trinajstić information content (AvgIpc) is 2.31. The number of nitrogens with zero attached hydrogens (tertiary/aromatic N) is 3. The molecule has 0 spiro atoms. The molecule has 20 heavy (non-hydrogen) atoms. The molecule has 0 saturated heterocycles. The normalized spacial score (nSPS) is 11.8. The van der Waals surface area contributed by atoms with Crippen LogP contribution in [0.2, 0.25) is 0 Å². The molecular formula is C14H29N3O3. The van der Waals surface area contributed by atoms with Crippen LogP contribution in [0.3, 0.4) is 0 Å². The number of urea groups is 1. The zero-order valence-electron chi connectivity index (χ0n) is 13.8. The van der Waals surface area contributed by atoms with Crippen LogP contribution in [0.15, 0.2) is 0 Å². The smallest absolute Gasteiger partial charge is 0.329 e. The molecule has 0 aliphatic heterocycles. The molecule has 1 N–H and O–H groups in total. The van der Waals surface area contributed by atoms with Crippen molar-refractivity contribution in [3.63, 3.8) is 0 Å². The Morgan fingerprint density at radius 2 is 1.60 bits per heavy atom. The predicted molar refractivity (Wildman–Crippen MR) is 79.8 cm³/mol. The lowest BCUT2D eigenvalue weighted by atomic mass is 10.0. The number of likely N-dealkylation sites (N-methyl/N-ethyl adjacent to an activating group) is 2. The van der Waals surface area contributed by atoms with Gasteiger partial charge in [-0.2, -0.15) is 0 Å². The molecule has 0 aromatic rings. The number of hydrogen-bond acceptors (Lipinski definition) is 3. The number of carboxylic acid groups (broad SMARTS) is 1. The summed E-state index contributed by atoms with van der Waals surface area (Å²) in [6.07, 6.45) is 0. The quantitative estimate of drug-likeness (QED) is 0.769. The average molecular weight is 287 g/mol. The zero-order chi connectivity index (χ0) is 16.1. The molecular weight excluding hydrogens is 258 g/mol. The van der Waals surface area contributed by atoms with Crippen LogP contribution in [0.1, 0.15) is 27.7 Å². The summed E-state index contributed by atoms with van der Waals surface area (Å²) >= 11 is 0. The van der Waals surface area contributed by atoms with Crippen LogP contribution in [-0.4, -0.2) is 78.1 Å². The molecule has 0 radical (unpaired) electrons. The molecule has 0 atom stereocenters. The summed E-state index contributed by atoms with van der Waals surface area (Å²) < 4.78 is 0. The van der Waals surface area contributed by atoms with Gasteiger partial charge in [0.1, 0.15) is 5.54 Å². The first-order chi connectivity index (χ1) is 9.00. The highest BCUT2D eigenvalue weighted by atomic mass is 16.4. The van der Waals surface area contributed by atoms with Gasteiger partial charge in [-0.25, -0.2) is 9.59 Å². The number of carbonyl (C=O) groups is 2. The SMILES string of the molecule is CC(C)CN(CCN(C)C)C(=O)N(C)C(C)(C)C(=O)O. The van der Waals surface area contributed by atoms with Crippen molar-refractivity contribution in [2.75, 3.05) is 40.8 Å². The number of carbonyl (C=O) groups excluding carboxylic acids is 1. The Hall–Kier alpha value is -1.30. The molecule has 6 nitrogen and oxygen atoms in total. The summed E-state index contributed by atoms with van der Waals surface area (Å²) in [5.74, 6) is -0.673. The Morgan fingerprint density at radius 3 is 1.95 bits per heavy atom. The molecule has 0 aromatic carbocycles. The van der Waals surface area contributed by atoms with Gasteiger partial charge < -0.3 is 19.8 Å². The highest BCUT2D eigenvalue weighted by Gasteiger charge is 2.37. The predicted octanol–water partition coefficient (Wildman–Crippen LogP) is 1.42.